The molecule has 1 rings (SSSR count). The Balaban J connectivity index is 2.40. The summed E-state index contributed by atoms with van der Waals surface area (Å²) in [5, 5.41) is 3.13. The number of nitrogens with zero attached hydrogens (tertiary/aromatic N) is 2. The molecule has 1 amide bonds. The number of amides is 1. The number of nitrogens with one attached hydrogen (secondary N) is 1. The zero-order chi connectivity index (χ0) is 12.8. The van der Waals surface area contributed by atoms with Gasteiger partial charge in [-0.1, -0.05) is 12.1 Å². The Morgan fingerprint density at radius 2 is 1.71 bits per heavy atom. The maximum absolute atomic E-state index is 11.3. The summed E-state index contributed by atoms with van der Waals surface area (Å²) < 4.78 is 0. The van der Waals surface area contributed by atoms with E-state index in [0.717, 1.165) is 0 Å². The lowest BCUT2D eigenvalue weighted by Gasteiger charge is -2.13. The van der Waals surface area contributed by atoms with Gasteiger partial charge in [0.05, 0.1) is 6.54 Å². The molecule has 0 radical (unpaired) electrons. The second-order valence-corrected chi connectivity index (χ2v) is 4.45. The van der Waals surface area contributed by atoms with Crippen LogP contribution in [0.2, 0.25) is 0 Å². The highest BCUT2D eigenvalue weighted by Gasteiger charge is 2.02. The molecule has 0 aromatic heterocycles. The highest BCUT2D eigenvalue weighted by Crippen LogP contribution is 2.11. The number of carbonyl (C=O) groups is 1. The Morgan fingerprint density at radius 1 is 1.12 bits per heavy atom. The number of anilines is 1. The van der Waals surface area contributed by atoms with Crippen LogP contribution in [0.5, 0.6) is 0 Å². The fourth-order valence-electron chi connectivity index (χ4n) is 1.38. The summed E-state index contributed by atoms with van der Waals surface area (Å²) in [7, 11) is 7.55. The van der Waals surface area contributed by atoms with Crippen molar-refractivity contribution in [3.63, 3.8) is 0 Å². The van der Waals surface area contributed by atoms with Crippen LogP contribution in [0.15, 0.2) is 24.3 Å². The van der Waals surface area contributed by atoms with Gasteiger partial charge in [-0.25, -0.2) is 0 Å². The molecule has 1 N–H and O–H groups in total. The highest BCUT2D eigenvalue weighted by atomic mass is 16.2. The first-order valence-corrected chi connectivity index (χ1v) is 5.68. The van der Waals surface area contributed by atoms with E-state index in [9.17, 15) is 4.79 Å². The third kappa shape index (κ3) is 4.44. The van der Waals surface area contributed by atoms with E-state index in [1.54, 1.807) is 19.0 Å². The zero-order valence-electron chi connectivity index (χ0n) is 11.0. The van der Waals surface area contributed by atoms with Gasteiger partial charge in [0.25, 0.3) is 0 Å². The van der Waals surface area contributed by atoms with Gasteiger partial charge in [0.2, 0.25) is 5.91 Å². The molecule has 17 heavy (non-hydrogen) atoms. The van der Waals surface area contributed by atoms with E-state index in [1.165, 1.54) is 11.3 Å². The molecule has 4 heteroatoms. The van der Waals surface area contributed by atoms with E-state index < -0.39 is 0 Å². The summed E-state index contributed by atoms with van der Waals surface area (Å²) in [6.07, 6.45) is 0. The van der Waals surface area contributed by atoms with Crippen molar-refractivity contribution in [2.24, 2.45) is 0 Å². The smallest absolute Gasteiger partial charge is 0.236 e. The lowest BCUT2D eigenvalue weighted by Crippen LogP contribution is -2.32. The predicted octanol–water partition coefficient (Wildman–Crippen LogP) is 0.930. The van der Waals surface area contributed by atoms with Gasteiger partial charge < -0.3 is 15.1 Å². The van der Waals surface area contributed by atoms with Crippen LogP contribution in [0.1, 0.15) is 5.56 Å². The first kappa shape index (κ1) is 13.5. The van der Waals surface area contributed by atoms with E-state index in [0.29, 0.717) is 13.1 Å². The SMILES string of the molecule is CN(C)C(=O)CNCc1ccc(N(C)C)cc1. The molecule has 0 atom stereocenters. The van der Waals surface area contributed by atoms with E-state index >= 15 is 0 Å². The third-order valence-corrected chi connectivity index (χ3v) is 2.56. The molecule has 1 aromatic rings. The summed E-state index contributed by atoms with van der Waals surface area (Å²) in [6, 6.07) is 8.29. The van der Waals surface area contributed by atoms with E-state index in [2.05, 4.69) is 34.5 Å². The van der Waals surface area contributed by atoms with Gasteiger partial charge in [-0.3, -0.25) is 4.79 Å². The molecule has 0 saturated carbocycles. The molecule has 1 aromatic carbocycles. The van der Waals surface area contributed by atoms with Crippen LogP contribution >= 0.6 is 0 Å². The van der Waals surface area contributed by atoms with Crippen LogP contribution in [-0.2, 0) is 11.3 Å². The summed E-state index contributed by atoms with van der Waals surface area (Å²) in [4.78, 5) is 15.0. The van der Waals surface area contributed by atoms with Crippen LogP contribution in [-0.4, -0.2) is 45.5 Å². The number of benzene rings is 1. The average molecular weight is 235 g/mol. The van der Waals surface area contributed by atoms with Crippen molar-refractivity contribution >= 4 is 11.6 Å². The molecular formula is C13H21N3O. The zero-order valence-corrected chi connectivity index (χ0v) is 11.0. The average Bonchev–Trinajstić information content (AvgIpc) is 2.29. The molecule has 94 valence electrons. The molecule has 0 spiro atoms. The number of likely N-dealkylation sites (N-methyl/N-ethyl adjacent to an activating group) is 1. The summed E-state index contributed by atoms with van der Waals surface area (Å²) in [6.45, 7) is 1.09. The highest BCUT2D eigenvalue weighted by molar-refractivity contribution is 5.77. The van der Waals surface area contributed by atoms with Crippen molar-refractivity contribution in [3.05, 3.63) is 29.8 Å². The maximum Gasteiger partial charge on any atom is 0.236 e. The van der Waals surface area contributed by atoms with E-state index in [-0.39, 0.29) is 5.91 Å². The predicted molar refractivity (Wildman–Crippen MR) is 71.2 cm³/mol. The quantitative estimate of drug-likeness (QED) is 0.824. The first-order chi connectivity index (χ1) is 8.00. The molecule has 0 saturated heterocycles. The lowest BCUT2D eigenvalue weighted by atomic mass is 10.2. The number of rotatable bonds is 5. The summed E-state index contributed by atoms with van der Waals surface area (Å²) in [5.74, 6) is 0.0925. The van der Waals surface area contributed by atoms with Crippen molar-refractivity contribution in [2.75, 3.05) is 39.6 Å². The van der Waals surface area contributed by atoms with Gasteiger partial charge in [-0.2, -0.15) is 0 Å². The molecule has 0 aliphatic heterocycles. The van der Waals surface area contributed by atoms with Crippen LogP contribution in [0, 0.1) is 0 Å². The van der Waals surface area contributed by atoms with Crippen molar-refractivity contribution in [2.45, 2.75) is 6.54 Å². The normalized spacial score (nSPS) is 10.1. The van der Waals surface area contributed by atoms with Crippen molar-refractivity contribution in [3.8, 4) is 0 Å². The Bertz CT molecular complexity index is 357. The molecule has 0 aliphatic carbocycles. The third-order valence-electron chi connectivity index (χ3n) is 2.56. The van der Waals surface area contributed by atoms with Gasteiger partial charge in [0, 0.05) is 40.4 Å². The Hall–Kier alpha value is -1.55. The van der Waals surface area contributed by atoms with Gasteiger partial charge in [0.1, 0.15) is 0 Å². The first-order valence-electron chi connectivity index (χ1n) is 5.68. The summed E-state index contributed by atoms with van der Waals surface area (Å²) in [5.41, 5.74) is 2.36. The number of carbonyl (C=O) groups excluding carboxylic acids is 1. The standard InChI is InChI=1S/C13H21N3O/c1-15(2)12-7-5-11(6-8-12)9-14-10-13(17)16(3)4/h5-8,14H,9-10H2,1-4H3. The minimum atomic E-state index is 0.0925. The topological polar surface area (TPSA) is 35.6 Å². The van der Waals surface area contributed by atoms with Gasteiger partial charge >= 0.3 is 0 Å². The van der Waals surface area contributed by atoms with Crippen molar-refractivity contribution < 1.29 is 4.79 Å². The second kappa shape index (κ2) is 6.25. The molecule has 4 nitrogen and oxygen atoms in total. The number of hydrogen-bond donors (Lipinski definition) is 1. The van der Waals surface area contributed by atoms with Crippen molar-refractivity contribution in [1.29, 1.82) is 0 Å². The largest absolute Gasteiger partial charge is 0.378 e. The molecular weight excluding hydrogens is 214 g/mol. The van der Waals surface area contributed by atoms with E-state index in [1.807, 2.05) is 14.1 Å². The van der Waals surface area contributed by atoms with E-state index in [4.69, 9.17) is 0 Å². The molecule has 0 unspecified atom stereocenters. The summed E-state index contributed by atoms with van der Waals surface area (Å²) >= 11 is 0. The fraction of sp³-hybridized carbons (Fsp3) is 0.462. The number of hydrogen-bond acceptors (Lipinski definition) is 3. The maximum atomic E-state index is 11.3. The molecule has 0 fully saturated rings. The Labute approximate surface area is 103 Å². The lowest BCUT2D eigenvalue weighted by molar-refractivity contribution is -0.127. The van der Waals surface area contributed by atoms with Crippen LogP contribution in [0.4, 0.5) is 5.69 Å². The minimum absolute atomic E-state index is 0.0925. The molecule has 0 bridgehead atoms. The van der Waals surface area contributed by atoms with Gasteiger partial charge in [-0.15, -0.1) is 0 Å². The Morgan fingerprint density at radius 3 is 2.18 bits per heavy atom. The second-order valence-electron chi connectivity index (χ2n) is 4.45. The fourth-order valence-corrected chi connectivity index (χ4v) is 1.38. The monoisotopic (exact) mass is 235 g/mol. The van der Waals surface area contributed by atoms with Crippen molar-refractivity contribution in [1.82, 2.24) is 10.2 Å². The van der Waals surface area contributed by atoms with Crippen LogP contribution < -0.4 is 10.2 Å². The Kier molecular flexibility index (Phi) is 4.97. The molecule has 0 aliphatic rings. The minimum Gasteiger partial charge on any atom is -0.378 e. The van der Waals surface area contributed by atoms with Gasteiger partial charge in [-0.05, 0) is 17.7 Å². The van der Waals surface area contributed by atoms with Gasteiger partial charge in [0.15, 0.2) is 0 Å². The van der Waals surface area contributed by atoms with Crippen LogP contribution in [0.3, 0.4) is 0 Å². The molecule has 0 heterocycles. The van der Waals surface area contributed by atoms with Crippen LogP contribution in [0.25, 0.3) is 0 Å².